The van der Waals surface area contributed by atoms with Crippen molar-refractivity contribution < 1.29 is 0 Å². The van der Waals surface area contributed by atoms with Crippen molar-refractivity contribution in [2.24, 2.45) is 16.8 Å². The Bertz CT molecular complexity index is 101. The minimum Gasteiger partial charge on any atom is -0.321 e. The summed E-state index contributed by atoms with van der Waals surface area (Å²) in [6.07, 6.45) is 0. The van der Waals surface area contributed by atoms with Gasteiger partial charge in [0, 0.05) is 5.25 Å². The van der Waals surface area contributed by atoms with Crippen molar-refractivity contribution in [3.05, 3.63) is 0 Å². The molecule has 0 aromatic rings. The van der Waals surface area contributed by atoms with Crippen LogP contribution in [0.3, 0.4) is 0 Å². The Labute approximate surface area is 59.0 Å². The number of thioether (sulfide) groups is 1. The number of amidine groups is 1. The number of hydrazine groups is 1. The third kappa shape index (κ3) is 4.11. The summed E-state index contributed by atoms with van der Waals surface area (Å²) in [6, 6.07) is 0. The lowest BCUT2D eigenvalue weighted by Crippen LogP contribution is -2.29. The molecule has 0 fully saturated rings. The summed E-state index contributed by atoms with van der Waals surface area (Å²) in [5.41, 5.74) is 2.37. The standard InChI is InChI=1S/C4H12N4S/c1-3(2)9-4(7-5)8-6/h3H,5-6H2,1-2H3,(H,7,8). The fourth-order valence-corrected chi connectivity index (χ4v) is 0.900. The highest BCUT2D eigenvalue weighted by atomic mass is 32.2. The molecule has 0 aromatic carbocycles. The Kier molecular flexibility index (Phi) is 4.25. The second-order valence-electron chi connectivity index (χ2n) is 1.75. The molecule has 0 rings (SSSR count). The smallest absolute Gasteiger partial charge is 0.194 e. The van der Waals surface area contributed by atoms with Gasteiger partial charge in [-0.2, -0.15) is 5.10 Å². The molecule has 0 aromatic heterocycles. The summed E-state index contributed by atoms with van der Waals surface area (Å²) < 4.78 is 0. The van der Waals surface area contributed by atoms with E-state index in [1.807, 2.05) is 13.8 Å². The number of rotatable bonds is 1. The highest BCUT2D eigenvalue weighted by Crippen LogP contribution is 2.07. The largest absolute Gasteiger partial charge is 0.321 e. The molecule has 0 bridgehead atoms. The van der Waals surface area contributed by atoms with Crippen LogP contribution >= 0.6 is 11.8 Å². The van der Waals surface area contributed by atoms with Crippen LogP contribution in [0.25, 0.3) is 0 Å². The molecule has 0 unspecified atom stereocenters. The van der Waals surface area contributed by atoms with Crippen molar-refractivity contribution in [2.75, 3.05) is 0 Å². The highest BCUT2D eigenvalue weighted by Gasteiger charge is 1.99. The first-order chi connectivity index (χ1) is 4.20. The molecule has 0 aliphatic carbocycles. The van der Waals surface area contributed by atoms with Gasteiger partial charge in [0.05, 0.1) is 0 Å². The number of nitrogens with zero attached hydrogens (tertiary/aromatic N) is 1. The fourth-order valence-electron chi connectivity index (χ4n) is 0.325. The highest BCUT2D eigenvalue weighted by molar-refractivity contribution is 8.14. The number of hydrogen-bond acceptors (Lipinski definition) is 4. The second-order valence-corrected chi connectivity index (χ2v) is 3.31. The third-order valence-electron chi connectivity index (χ3n) is 0.588. The van der Waals surface area contributed by atoms with E-state index in [-0.39, 0.29) is 0 Å². The second kappa shape index (κ2) is 4.46. The minimum absolute atomic E-state index is 0.448. The molecule has 0 atom stereocenters. The molecule has 0 amide bonds. The van der Waals surface area contributed by atoms with Crippen molar-refractivity contribution in [2.45, 2.75) is 19.1 Å². The van der Waals surface area contributed by atoms with Crippen molar-refractivity contribution in [1.29, 1.82) is 0 Å². The van der Waals surface area contributed by atoms with Gasteiger partial charge in [0.2, 0.25) is 0 Å². The third-order valence-corrected chi connectivity index (χ3v) is 1.51. The molecule has 54 valence electrons. The monoisotopic (exact) mass is 148 g/mol. The summed E-state index contributed by atoms with van der Waals surface area (Å²) in [5, 5.41) is 4.40. The zero-order valence-corrected chi connectivity index (χ0v) is 6.40. The minimum atomic E-state index is 0.448. The summed E-state index contributed by atoms with van der Waals surface area (Å²) in [4.78, 5) is 0. The number of nitrogens with two attached hydrogens (primary N) is 2. The molecule has 0 radical (unpaired) electrons. The van der Waals surface area contributed by atoms with E-state index in [4.69, 9.17) is 11.7 Å². The quantitative estimate of drug-likeness (QED) is 0.209. The lowest BCUT2D eigenvalue weighted by atomic mass is 10.6. The maximum Gasteiger partial charge on any atom is 0.194 e. The average molecular weight is 148 g/mol. The molecule has 0 aliphatic heterocycles. The van der Waals surface area contributed by atoms with E-state index in [0.717, 1.165) is 0 Å². The Balaban J connectivity index is 3.58. The van der Waals surface area contributed by atoms with E-state index < -0.39 is 0 Å². The van der Waals surface area contributed by atoms with E-state index in [1.54, 1.807) is 0 Å². The van der Waals surface area contributed by atoms with Gasteiger partial charge in [-0.05, 0) is 0 Å². The molecule has 0 heterocycles. The molecular weight excluding hydrogens is 136 g/mol. The van der Waals surface area contributed by atoms with Crippen LogP contribution in [0.5, 0.6) is 0 Å². The van der Waals surface area contributed by atoms with E-state index in [9.17, 15) is 0 Å². The van der Waals surface area contributed by atoms with Gasteiger partial charge in [0.25, 0.3) is 0 Å². The van der Waals surface area contributed by atoms with Gasteiger partial charge in [-0.25, -0.2) is 5.84 Å². The Morgan fingerprint density at radius 1 is 1.67 bits per heavy atom. The van der Waals surface area contributed by atoms with E-state index in [1.165, 1.54) is 11.8 Å². The van der Waals surface area contributed by atoms with Gasteiger partial charge in [-0.1, -0.05) is 25.6 Å². The molecule has 5 N–H and O–H groups in total. The Morgan fingerprint density at radius 3 is 2.33 bits per heavy atom. The topological polar surface area (TPSA) is 76.4 Å². The first-order valence-electron chi connectivity index (χ1n) is 2.62. The van der Waals surface area contributed by atoms with Gasteiger partial charge in [-0.3, -0.25) is 0 Å². The molecule has 0 aliphatic rings. The van der Waals surface area contributed by atoms with Crippen LogP contribution in [-0.4, -0.2) is 10.4 Å². The van der Waals surface area contributed by atoms with Gasteiger partial charge in [0.1, 0.15) is 0 Å². The lowest BCUT2D eigenvalue weighted by molar-refractivity contribution is 1.02. The van der Waals surface area contributed by atoms with Crippen LogP contribution in [0.2, 0.25) is 0 Å². The van der Waals surface area contributed by atoms with Crippen molar-refractivity contribution >= 4 is 16.9 Å². The number of nitrogens with one attached hydrogen (secondary N) is 1. The van der Waals surface area contributed by atoms with Crippen molar-refractivity contribution in [3.8, 4) is 0 Å². The Morgan fingerprint density at radius 2 is 2.22 bits per heavy atom. The van der Waals surface area contributed by atoms with Crippen LogP contribution < -0.4 is 17.1 Å². The van der Waals surface area contributed by atoms with Crippen LogP contribution in [0.15, 0.2) is 5.10 Å². The SMILES string of the molecule is CC(C)SC(=NN)NN. The first kappa shape index (κ1) is 8.58. The maximum atomic E-state index is 5.05. The van der Waals surface area contributed by atoms with Crippen LogP contribution in [0, 0.1) is 0 Å². The van der Waals surface area contributed by atoms with Gasteiger partial charge < -0.3 is 11.3 Å². The maximum absolute atomic E-state index is 5.05. The van der Waals surface area contributed by atoms with Crippen LogP contribution in [0.1, 0.15) is 13.8 Å². The van der Waals surface area contributed by atoms with Gasteiger partial charge in [-0.15, -0.1) is 0 Å². The van der Waals surface area contributed by atoms with Crippen molar-refractivity contribution in [1.82, 2.24) is 5.43 Å². The van der Waals surface area contributed by atoms with Crippen molar-refractivity contribution in [3.63, 3.8) is 0 Å². The number of hydrazone groups is 1. The predicted octanol–water partition coefficient (Wildman–Crippen LogP) is -0.179. The number of hydrogen-bond donors (Lipinski definition) is 3. The molecule has 9 heavy (non-hydrogen) atoms. The summed E-state index contributed by atoms with van der Waals surface area (Å²) >= 11 is 1.49. The molecule has 4 nitrogen and oxygen atoms in total. The first-order valence-corrected chi connectivity index (χ1v) is 3.49. The molecular formula is C4H12N4S. The molecule has 0 saturated heterocycles. The summed E-state index contributed by atoms with van der Waals surface area (Å²) in [7, 11) is 0. The van der Waals surface area contributed by atoms with Crippen LogP contribution in [0.4, 0.5) is 0 Å². The Hall–Kier alpha value is -0.420. The van der Waals surface area contributed by atoms with E-state index >= 15 is 0 Å². The zero-order valence-electron chi connectivity index (χ0n) is 5.59. The zero-order chi connectivity index (χ0) is 7.28. The fraction of sp³-hybridized carbons (Fsp3) is 0.750. The molecule has 5 heteroatoms. The molecule has 0 saturated carbocycles. The predicted molar refractivity (Wildman–Crippen MR) is 41.7 cm³/mol. The molecule has 0 spiro atoms. The summed E-state index contributed by atoms with van der Waals surface area (Å²) in [6.45, 7) is 4.07. The normalized spacial score (nSPS) is 12.2. The summed E-state index contributed by atoms with van der Waals surface area (Å²) in [5.74, 6) is 10.0. The van der Waals surface area contributed by atoms with Crippen LogP contribution in [-0.2, 0) is 0 Å². The average Bonchev–Trinajstić information content (AvgIpc) is 1.82. The van der Waals surface area contributed by atoms with E-state index in [0.29, 0.717) is 10.4 Å². The van der Waals surface area contributed by atoms with Gasteiger partial charge in [0.15, 0.2) is 5.17 Å². The lowest BCUT2D eigenvalue weighted by Gasteiger charge is -2.04. The van der Waals surface area contributed by atoms with E-state index in [2.05, 4.69) is 10.5 Å². The van der Waals surface area contributed by atoms with Gasteiger partial charge >= 0.3 is 0 Å².